The molecule has 0 saturated heterocycles. The Bertz CT molecular complexity index is 1140. The summed E-state index contributed by atoms with van der Waals surface area (Å²) in [6, 6.07) is 7.98. The molecule has 30 heavy (non-hydrogen) atoms. The van der Waals surface area contributed by atoms with Crippen LogP contribution in [0.1, 0.15) is 68.8 Å². The minimum atomic E-state index is -0.525. The largest absolute Gasteiger partial charge is 0.324 e. The van der Waals surface area contributed by atoms with E-state index < -0.39 is 5.41 Å². The Morgan fingerprint density at radius 3 is 2.43 bits per heavy atom. The molecule has 156 valence electrons. The number of nitrogens with zero attached hydrogens (tertiary/aromatic N) is 2. The van der Waals surface area contributed by atoms with Crippen LogP contribution < -0.4 is 5.32 Å². The highest BCUT2D eigenvalue weighted by Gasteiger charge is 2.31. The number of nitrogens with one attached hydrogen (secondary N) is 1. The number of fused-ring (bicyclic) bond motifs is 1. The molecule has 4 rings (SSSR count). The van der Waals surface area contributed by atoms with Gasteiger partial charge in [-0.15, -0.1) is 0 Å². The molecule has 0 atom stereocenters. The van der Waals surface area contributed by atoms with Gasteiger partial charge < -0.3 is 5.32 Å². The zero-order valence-electron chi connectivity index (χ0n) is 17.8. The van der Waals surface area contributed by atoms with Crippen LogP contribution in [-0.4, -0.2) is 21.3 Å². The van der Waals surface area contributed by atoms with E-state index in [4.69, 9.17) is 0 Å². The normalized spacial score (nSPS) is 14.2. The molecule has 1 amide bonds. The Hall–Kier alpha value is -3.02. The van der Waals surface area contributed by atoms with E-state index >= 15 is 0 Å². The summed E-state index contributed by atoms with van der Waals surface area (Å²) in [5, 5.41) is 7.70. The molecule has 1 saturated carbocycles. The van der Waals surface area contributed by atoms with Crippen molar-refractivity contribution < 1.29 is 14.0 Å². The molecule has 0 aliphatic heterocycles. The lowest BCUT2D eigenvalue weighted by atomic mass is 9.95. The van der Waals surface area contributed by atoms with Crippen LogP contribution >= 0.6 is 0 Å². The van der Waals surface area contributed by atoms with Crippen LogP contribution in [0.3, 0.4) is 0 Å². The number of hydrogen-bond acceptors (Lipinski definition) is 3. The van der Waals surface area contributed by atoms with Gasteiger partial charge >= 0.3 is 0 Å². The van der Waals surface area contributed by atoms with Crippen LogP contribution in [-0.2, 0) is 4.79 Å². The number of amides is 1. The van der Waals surface area contributed by atoms with E-state index in [2.05, 4.69) is 10.4 Å². The number of ketones is 1. The number of aromatic nitrogens is 2. The van der Waals surface area contributed by atoms with Crippen molar-refractivity contribution in [2.75, 3.05) is 5.32 Å². The van der Waals surface area contributed by atoms with Crippen molar-refractivity contribution >= 4 is 22.9 Å². The number of carbonyl (C=O) groups is 2. The molecule has 1 N–H and O–H groups in total. The molecule has 1 aliphatic carbocycles. The molecular formula is C24H26FN3O2. The predicted molar refractivity (Wildman–Crippen MR) is 115 cm³/mol. The summed E-state index contributed by atoms with van der Waals surface area (Å²) in [7, 11) is 0. The maximum atomic E-state index is 13.4. The molecule has 1 aromatic carbocycles. The first-order valence-corrected chi connectivity index (χ1v) is 10.4. The number of rotatable bonds is 5. The van der Waals surface area contributed by atoms with Gasteiger partial charge in [-0.2, -0.15) is 5.10 Å². The fourth-order valence-corrected chi connectivity index (χ4v) is 3.51. The van der Waals surface area contributed by atoms with E-state index in [0.717, 1.165) is 29.6 Å². The lowest BCUT2D eigenvalue weighted by molar-refractivity contribution is -0.123. The van der Waals surface area contributed by atoms with Gasteiger partial charge in [-0.05, 0) is 54.7 Å². The summed E-state index contributed by atoms with van der Waals surface area (Å²) < 4.78 is 15.1. The summed E-state index contributed by atoms with van der Waals surface area (Å²) in [6.07, 6.45) is 4.26. The number of carbonyl (C=O) groups excluding carboxylic acids is 2. The number of hydrogen-bond donors (Lipinski definition) is 1. The van der Waals surface area contributed by atoms with Crippen molar-refractivity contribution in [3.8, 4) is 11.3 Å². The fourth-order valence-electron chi connectivity index (χ4n) is 3.51. The van der Waals surface area contributed by atoms with Crippen LogP contribution in [0.15, 0.2) is 36.5 Å². The molecule has 1 aliphatic rings. The highest BCUT2D eigenvalue weighted by molar-refractivity contribution is 6.08. The highest BCUT2D eigenvalue weighted by Crippen LogP contribution is 2.45. The monoisotopic (exact) mass is 407 g/mol. The van der Waals surface area contributed by atoms with Crippen molar-refractivity contribution in [1.29, 1.82) is 0 Å². The molecule has 5 nitrogen and oxygen atoms in total. The first-order valence-electron chi connectivity index (χ1n) is 10.4. The minimum absolute atomic E-state index is 0.0162. The second-order valence-corrected chi connectivity index (χ2v) is 8.96. The Morgan fingerprint density at radius 2 is 1.87 bits per heavy atom. The first-order chi connectivity index (χ1) is 14.2. The molecule has 0 unspecified atom stereocenters. The van der Waals surface area contributed by atoms with Crippen LogP contribution in [0.5, 0.6) is 0 Å². The van der Waals surface area contributed by atoms with Gasteiger partial charge in [0.25, 0.3) is 0 Å². The smallest absolute Gasteiger partial charge is 0.229 e. The third-order valence-electron chi connectivity index (χ3n) is 5.47. The summed E-state index contributed by atoms with van der Waals surface area (Å²) in [6.45, 7) is 7.43. The quantitative estimate of drug-likeness (QED) is 0.560. The van der Waals surface area contributed by atoms with E-state index in [1.807, 2.05) is 33.8 Å². The summed E-state index contributed by atoms with van der Waals surface area (Å²) in [5.74, 6) is -0.0508. The Balaban J connectivity index is 1.91. The van der Waals surface area contributed by atoms with Crippen molar-refractivity contribution in [2.45, 2.75) is 52.9 Å². The lowest BCUT2D eigenvalue weighted by Crippen LogP contribution is -2.28. The second kappa shape index (κ2) is 7.35. The maximum Gasteiger partial charge on any atom is 0.229 e. The van der Waals surface area contributed by atoms with Crippen LogP contribution in [0.25, 0.3) is 16.8 Å². The van der Waals surface area contributed by atoms with E-state index in [-0.39, 0.29) is 17.5 Å². The third kappa shape index (κ3) is 3.74. The molecule has 0 spiro atoms. The topological polar surface area (TPSA) is 63.5 Å². The van der Waals surface area contributed by atoms with Crippen molar-refractivity contribution in [3.63, 3.8) is 0 Å². The third-order valence-corrected chi connectivity index (χ3v) is 5.47. The van der Waals surface area contributed by atoms with Gasteiger partial charge in [-0.25, -0.2) is 8.91 Å². The zero-order valence-corrected chi connectivity index (χ0v) is 17.8. The summed E-state index contributed by atoms with van der Waals surface area (Å²) in [4.78, 5) is 25.5. The van der Waals surface area contributed by atoms with Gasteiger partial charge in [-0.1, -0.05) is 27.7 Å². The zero-order chi connectivity index (χ0) is 21.6. The second-order valence-electron chi connectivity index (χ2n) is 8.96. The van der Waals surface area contributed by atoms with Crippen molar-refractivity contribution in [1.82, 2.24) is 9.61 Å². The Kier molecular flexibility index (Phi) is 4.96. The molecule has 0 radical (unpaired) electrons. The predicted octanol–water partition coefficient (Wildman–Crippen LogP) is 5.60. The lowest BCUT2D eigenvalue weighted by Gasteiger charge is -2.19. The average molecular weight is 407 g/mol. The molecule has 3 aromatic rings. The molecule has 1 fully saturated rings. The van der Waals surface area contributed by atoms with Crippen LogP contribution in [0, 0.1) is 11.2 Å². The van der Waals surface area contributed by atoms with Gasteiger partial charge in [-0.3, -0.25) is 9.59 Å². The SMILES string of the molecule is CCC(=O)c1c(-c2ccc(F)cc2)nn2cc(NC(=O)C(C)(C)C)c(C3CC3)cc12. The minimum Gasteiger partial charge on any atom is -0.324 e. The number of Topliss-reactive ketones (excluding diaryl/α,β-unsaturated/α-hetero) is 1. The Morgan fingerprint density at radius 1 is 1.20 bits per heavy atom. The maximum absolute atomic E-state index is 13.4. The van der Waals surface area contributed by atoms with Crippen LogP contribution in [0.2, 0.25) is 0 Å². The molecule has 2 aromatic heterocycles. The number of anilines is 1. The van der Waals surface area contributed by atoms with E-state index in [1.54, 1.807) is 22.8 Å². The highest BCUT2D eigenvalue weighted by atomic mass is 19.1. The van der Waals surface area contributed by atoms with Crippen molar-refractivity contribution in [3.05, 3.63) is 53.5 Å². The van der Waals surface area contributed by atoms with Gasteiger partial charge in [0.05, 0.1) is 23.0 Å². The average Bonchev–Trinajstić information content (AvgIpc) is 3.47. The van der Waals surface area contributed by atoms with Crippen molar-refractivity contribution in [2.24, 2.45) is 5.41 Å². The van der Waals surface area contributed by atoms with Crippen LogP contribution in [0.4, 0.5) is 10.1 Å². The first kappa shape index (κ1) is 20.3. The molecule has 6 heteroatoms. The number of pyridine rings is 1. The van der Waals surface area contributed by atoms with E-state index in [9.17, 15) is 14.0 Å². The molecule has 0 bridgehead atoms. The number of halogens is 1. The van der Waals surface area contributed by atoms with Gasteiger partial charge in [0.15, 0.2) is 5.78 Å². The fraction of sp³-hybridized carbons (Fsp3) is 0.375. The van der Waals surface area contributed by atoms with E-state index in [0.29, 0.717) is 29.2 Å². The van der Waals surface area contributed by atoms with Gasteiger partial charge in [0, 0.05) is 17.4 Å². The number of benzene rings is 1. The Labute approximate surface area is 175 Å². The van der Waals surface area contributed by atoms with Gasteiger partial charge in [0.2, 0.25) is 5.91 Å². The van der Waals surface area contributed by atoms with Gasteiger partial charge in [0.1, 0.15) is 11.5 Å². The molecule has 2 heterocycles. The molecular weight excluding hydrogens is 381 g/mol. The summed E-state index contributed by atoms with van der Waals surface area (Å²) >= 11 is 0. The summed E-state index contributed by atoms with van der Waals surface area (Å²) in [5.41, 5.74) is 3.72. The van der Waals surface area contributed by atoms with E-state index in [1.165, 1.54) is 12.1 Å². The standard InChI is InChI=1S/C24H26FN3O2/c1-5-20(29)21-19-12-17(14-6-7-14)18(26-23(30)24(2,3)4)13-28(19)27-22(21)15-8-10-16(25)11-9-15/h8-14H,5-7H2,1-4H3,(H,26,30).